The molecule has 0 saturated carbocycles. The number of nitrogens with zero attached hydrogens (tertiary/aromatic N) is 4. The predicted molar refractivity (Wildman–Crippen MR) is 48.4 cm³/mol. The van der Waals surface area contributed by atoms with Crippen LogP contribution in [0.25, 0.3) is 0 Å². The van der Waals surface area contributed by atoms with Crippen LogP contribution in [0.3, 0.4) is 0 Å². The van der Waals surface area contributed by atoms with Gasteiger partial charge in [-0.2, -0.15) is 9.59 Å². The van der Waals surface area contributed by atoms with Gasteiger partial charge in [0.05, 0.1) is 12.2 Å². The van der Waals surface area contributed by atoms with Crippen LogP contribution >= 0.6 is 11.5 Å². The molecule has 0 spiro atoms. The van der Waals surface area contributed by atoms with Crippen molar-refractivity contribution in [2.24, 2.45) is 0 Å². The van der Waals surface area contributed by atoms with Crippen LogP contribution in [0.2, 0.25) is 0 Å². The van der Waals surface area contributed by atoms with E-state index in [9.17, 15) is 0 Å². The number of H-pyrrole nitrogens is 1. The Morgan fingerprint density at radius 2 is 2.54 bits per heavy atom. The lowest BCUT2D eigenvalue weighted by atomic mass is 10.4. The summed E-state index contributed by atoms with van der Waals surface area (Å²) in [7, 11) is 0. The Bertz CT molecular complexity index is 366. The Morgan fingerprint density at radius 1 is 1.62 bits per heavy atom. The van der Waals surface area contributed by atoms with Gasteiger partial charge in [-0.15, -0.1) is 5.10 Å². The quantitative estimate of drug-likeness (QED) is 0.750. The monoisotopic (exact) mass is 196 g/mol. The molecule has 13 heavy (non-hydrogen) atoms. The molecular weight excluding hydrogens is 188 g/mol. The number of rotatable bonds is 3. The number of anilines is 1. The van der Waals surface area contributed by atoms with Crippen molar-refractivity contribution in [1.29, 1.82) is 0 Å². The van der Waals surface area contributed by atoms with E-state index < -0.39 is 0 Å². The van der Waals surface area contributed by atoms with Crippen LogP contribution < -0.4 is 5.32 Å². The van der Waals surface area contributed by atoms with Gasteiger partial charge in [-0.25, -0.2) is 0 Å². The van der Waals surface area contributed by atoms with E-state index in [0.29, 0.717) is 12.5 Å². The molecule has 0 unspecified atom stereocenters. The summed E-state index contributed by atoms with van der Waals surface area (Å²) in [6.07, 6.45) is 0. The summed E-state index contributed by atoms with van der Waals surface area (Å²) in [5.74, 6) is 0.506. The third-order valence-electron chi connectivity index (χ3n) is 1.44. The lowest BCUT2D eigenvalue weighted by molar-refractivity contribution is 0.881. The minimum atomic E-state index is 0.506. The Morgan fingerprint density at radius 3 is 3.15 bits per heavy atom. The highest BCUT2D eigenvalue weighted by Crippen LogP contribution is 2.09. The molecule has 2 aromatic rings. The maximum atomic E-state index is 4.15. The summed E-state index contributed by atoms with van der Waals surface area (Å²) in [5, 5.41) is 16.3. The first kappa shape index (κ1) is 8.11. The maximum Gasteiger partial charge on any atom is 0.263 e. The molecule has 0 aliphatic rings. The van der Waals surface area contributed by atoms with E-state index >= 15 is 0 Å². The van der Waals surface area contributed by atoms with Gasteiger partial charge >= 0.3 is 0 Å². The highest BCUT2D eigenvalue weighted by atomic mass is 32.1. The number of aromatic amines is 1. The molecular formula is C6H8N6S. The Kier molecular flexibility index (Phi) is 2.17. The second-order valence-corrected chi connectivity index (χ2v) is 3.41. The molecule has 6 nitrogen and oxygen atoms in total. The zero-order valence-corrected chi connectivity index (χ0v) is 7.80. The fraction of sp³-hybridized carbons (Fsp3) is 0.333. The summed E-state index contributed by atoms with van der Waals surface area (Å²) < 4.78 is 4.15. The molecule has 0 atom stereocenters. The summed E-state index contributed by atoms with van der Waals surface area (Å²) in [5.41, 5.74) is 1.04. The van der Waals surface area contributed by atoms with Crippen LogP contribution in [0.15, 0.2) is 6.07 Å². The minimum Gasteiger partial charge on any atom is -0.347 e. The van der Waals surface area contributed by atoms with Crippen LogP contribution in [-0.2, 0) is 6.54 Å². The number of nitrogens with one attached hydrogen (secondary N) is 2. The van der Waals surface area contributed by atoms with Crippen LogP contribution in [0.1, 0.15) is 10.6 Å². The normalized spacial score (nSPS) is 10.2. The third-order valence-corrected chi connectivity index (χ3v) is 2.32. The van der Waals surface area contributed by atoms with Crippen molar-refractivity contribution in [3.8, 4) is 0 Å². The lowest BCUT2D eigenvalue weighted by Gasteiger charge is -1.95. The van der Waals surface area contributed by atoms with Crippen molar-refractivity contribution in [3.05, 3.63) is 16.6 Å². The fourth-order valence-electron chi connectivity index (χ4n) is 0.902. The number of hydrogen-bond donors (Lipinski definition) is 2. The largest absolute Gasteiger partial charge is 0.347 e. The molecule has 0 radical (unpaired) electrons. The second kappa shape index (κ2) is 3.48. The second-order valence-electron chi connectivity index (χ2n) is 2.52. The smallest absolute Gasteiger partial charge is 0.263 e. The summed E-state index contributed by atoms with van der Waals surface area (Å²) in [6, 6.07) is 2.03. The zero-order chi connectivity index (χ0) is 9.10. The van der Waals surface area contributed by atoms with Gasteiger partial charge in [-0.3, -0.25) is 0 Å². The van der Waals surface area contributed by atoms with Crippen LogP contribution in [0.4, 0.5) is 5.95 Å². The van der Waals surface area contributed by atoms with Crippen molar-refractivity contribution < 1.29 is 0 Å². The van der Waals surface area contributed by atoms with E-state index in [1.165, 1.54) is 11.5 Å². The molecule has 2 aromatic heterocycles. The SMILES string of the molecule is Cc1cc(CNc2nn[nH]n2)sn1. The molecule has 0 aliphatic heterocycles. The molecule has 2 heterocycles. The van der Waals surface area contributed by atoms with Gasteiger partial charge in [0.25, 0.3) is 5.95 Å². The number of aryl methyl sites for hydroxylation is 1. The van der Waals surface area contributed by atoms with E-state index in [1.807, 2.05) is 13.0 Å². The van der Waals surface area contributed by atoms with Gasteiger partial charge in [0.2, 0.25) is 0 Å². The number of tetrazole rings is 1. The van der Waals surface area contributed by atoms with Crippen LogP contribution in [0, 0.1) is 6.92 Å². The average molecular weight is 196 g/mol. The van der Waals surface area contributed by atoms with E-state index in [4.69, 9.17) is 0 Å². The molecule has 0 amide bonds. The minimum absolute atomic E-state index is 0.506. The van der Waals surface area contributed by atoms with Gasteiger partial charge in [0.1, 0.15) is 0 Å². The molecule has 0 bridgehead atoms. The standard InChI is InChI=1S/C6H8N6S/c1-4-2-5(13-10-4)3-7-6-8-11-12-9-6/h2H,3H2,1H3,(H2,7,8,9,11,12). The number of hydrogen-bond acceptors (Lipinski definition) is 6. The highest BCUT2D eigenvalue weighted by Gasteiger charge is 1.99. The first-order valence-corrected chi connectivity index (χ1v) is 4.51. The Labute approximate surface area is 78.5 Å². The summed E-state index contributed by atoms with van der Waals surface area (Å²) >= 11 is 1.47. The third kappa shape index (κ3) is 2.00. The van der Waals surface area contributed by atoms with Crippen LogP contribution in [0.5, 0.6) is 0 Å². The molecule has 0 aliphatic carbocycles. The average Bonchev–Trinajstić information content (AvgIpc) is 2.71. The van der Waals surface area contributed by atoms with Crippen molar-refractivity contribution in [3.63, 3.8) is 0 Å². The topological polar surface area (TPSA) is 79.4 Å². The van der Waals surface area contributed by atoms with Gasteiger partial charge in [-0.1, -0.05) is 5.10 Å². The van der Waals surface area contributed by atoms with Crippen molar-refractivity contribution in [2.45, 2.75) is 13.5 Å². The van der Waals surface area contributed by atoms with E-state index in [2.05, 4.69) is 30.3 Å². The Hall–Kier alpha value is -1.50. The zero-order valence-electron chi connectivity index (χ0n) is 6.98. The highest BCUT2D eigenvalue weighted by molar-refractivity contribution is 7.05. The van der Waals surface area contributed by atoms with E-state index in [0.717, 1.165) is 10.6 Å². The van der Waals surface area contributed by atoms with Crippen LogP contribution in [-0.4, -0.2) is 25.0 Å². The molecule has 0 fully saturated rings. The van der Waals surface area contributed by atoms with Crippen molar-refractivity contribution in [2.75, 3.05) is 5.32 Å². The van der Waals surface area contributed by atoms with Crippen molar-refractivity contribution in [1.82, 2.24) is 25.0 Å². The maximum absolute atomic E-state index is 4.15. The first-order valence-electron chi connectivity index (χ1n) is 3.74. The van der Waals surface area contributed by atoms with Gasteiger partial charge in [0, 0.05) is 4.88 Å². The molecule has 0 saturated heterocycles. The van der Waals surface area contributed by atoms with Gasteiger partial charge in [0.15, 0.2) is 0 Å². The van der Waals surface area contributed by atoms with E-state index in [1.54, 1.807) is 0 Å². The molecule has 2 rings (SSSR count). The molecule has 68 valence electrons. The van der Waals surface area contributed by atoms with Gasteiger partial charge < -0.3 is 5.32 Å². The lowest BCUT2D eigenvalue weighted by Crippen LogP contribution is -1.98. The predicted octanol–water partition coefficient (Wildman–Crippen LogP) is 0.577. The van der Waals surface area contributed by atoms with Gasteiger partial charge in [-0.05, 0) is 29.7 Å². The number of aromatic nitrogens is 5. The van der Waals surface area contributed by atoms with Crippen molar-refractivity contribution >= 4 is 17.5 Å². The molecule has 0 aromatic carbocycles. The summed E-state index contributed by atoms with van der Waals surface area (Å²) in [4.78, 5) is 1.15. The first-order chi connectivity index (χ1) is 6.34. The molecule has 2 N–H and O–H groups in total. The summed E-state index contributed by atoms with van der Waals surface area (Å²) in [6.45, 7) is 2.65. The fourth-order valence-corrected chi connectivity index (χ4v) is 1.58. The molecule has 7 heteroatoms. The Balaban J connectivity index is 1.93. The van der Waals surface area contributed by atoms with E-state index in [-0.39, 0.29) is 0 Å².